The van der Waals surface area contributed by atoms with Crippen LogP contribution >= 0.6 is 23.2 Å². The number of aromatic nitrogens is 2. The zero-order valence-corrected chi connectivity index (χ0v) is 14.3. The van der Waals surface area contributed by atoms with Gasteiger partial charge in [-0.15, -0.1) is 0 Å². The summed E-state index contributed by atoms with van der Waals surface area (Å²) in [6.45, 7) is 1.90. The summed E-state index contributed by atoms with van der Waals surface area (Å²) in [5, 5.41) is 15.4. The van der Waals surface area contributed by atoms with Gasteiger partial charge in [-0.3, -0.25) is 0 Å². The molecule has 2 aromatic carbocycles. The van der Waals surface area contributed by atoms with Gasteiger partial charge in [0.25, 0.3) is 0 Å². The SMILES string of the molecule is CCc1c(C(=O)O)c(-c2ccc(Cl)cc2)nn1-c1ccc(Cl)cc1. The topological polar surface area (TPSA) is 55.1 Å². The van der Waals surface area contributed by atoms with Crippen LogP contribution in [0.3, 0.4) is 0 Å². The number of carboxylic acids is 1. The van der Waals surface area contributed by atoms with Crippen molar-refractivity contribution in [3.8, 4) is 16.9 Å². The van der Waals surface area contributed by atoms with Gasteiger partial charge in [-0.1, -0.05) is 42.3 Å². The molecule has 1 N–H and O–H groups in total. The summed E-state index contributed by atoms with van der Waals surface area (Å²) < 4.78 is 1.66. The van der Waals surface area contributed by atoms with Gasteiger partial charge in [0.1, 0.15) is 11.3 Å². The average Bonchev–Trinajstić information content (AvgIpc) is 2.96. The summed E-state index contributed by atoms with van der Waals surface area (Å²) in [6.07, 6.45) is 0.533. The summed E-state index contributed by atoms with van der Waals surface area (Å²) in [5.41, 5.74) is 2.73. The molecule has 0 saturated heterocycles. The third kappa shape index (κ3) is 3.03. The van der Waals surface area contributed by atoms with Gasteiger partial charge in [0.15, 0.2) is 0 Å². The molecule has 0 aliphatic carbocycles. The zero-order chi connectivity index (χ0) is 17.3. The van der Waals surface area contributed by atoms with Crippen molar-refractivity contribution in [2.24, 2.45) is 0 Å². The van der Waals surface area contributed by atoms with Gasteiger partial charge in [-0.25, -0.2) is 9.48 Å². The van der Waals surface area contributed by atoms with Crippen LogP contribution in [0.25, 0.3) is 16.9 Å². The monoisotopic (exact) mass is 360 g/mol. The molecular weight excluding hydrogens is 347 g/mol. The number of nitrogens with zero attached hydrogens (tertiary/aromatic N) is 2. The highest BCUT2D eigenvalue weighted by Gasteiger charge is 2.24. The van der Waals surface area contributed by atoms with E-state index in [1.807, 2.05) is 19.1 Å². The third-order valence-corrected chi connectivity index (χ3v) is 4.22. The van der Waals surface area contributed by atoms with Crippen molar-refractivity contribution in [3.63, 3.8) is 0 Å². The molecule has 0 atom stereocenters. The van der Waals surface area contributed by atoms with Gasteiger partial charge < -0.3 is 5.11 Å². The molecular formula is C18H14Cl2N2O2. The lowest BCUT2D eigenvalue weighted by Gasteiger charge is -2.06. The van der Waals surface area contributed by atoms with E-state index >= 15 is 0 Å². The quantitative estimate of drug-likeness (QED) is 0.703. The highest BCUT2D eigenvalue weighted by atomic mass is 35.5. The molecule has 1 heterocycles. The van der Waals surface area contributed by atoms with E-state index in [2.05, 4.69) is 5.10 Å². The van der Waals surface area contributed by atoms with Crippen LogP contribution in [0.15, 0.2) is 48.5 Å². The molecule has 122 valence electrons. The number of benzene rings is 2. The molecule has 0 unspecified atom stereocenters. The third-order valence-electron chi connectivity index (χ3n) is 3.72. The molecule has 0 aliphatic rings. The Morgan fingerprint density at radius 3 is 2.08 bits per heavy atom. The second kappa shape index (κ2) is 6.67. The van der Waals surface area contributed by atoms with Gasteiger partial charge in [0.2, 0.25) is 0 Å². The maximum atomic E-state index is 11.8. The normalized spacial score (nSPS) is 10.8. The number of halogens is 2. The average molecular weight is 361 g/mol. The van der Waals surface area contributed by atoms with E-state index < -0.39 is 5.97 Å². The van der Waals surface area contributed by atoms with E-state index in [4.69, 9.17) is 23.2 Å². The number of hydrogen-bond donors (Lipinski definition) is 1. The molecule has 6 heteroatoms. The lowest BCUT2D eigenvalue weighted by atomic mass is 10.0. The fourth-order valence-corrected chi connectivity index (χ4v) is 2.86. The van der Waals surface area contributed by atoms with Crippen LogP contribution in [0, 0.1) is 0 Å². The van der Waals surface area contributed by atoms with Gasteiger partial charge in [-0.05, 0) is 42.8 Å². The number of aromatic carboxylic acids is 1. The summed E-state index contributed by atoms with van der Waals surface area (Å²) in [5.74, 6) is -1.00. The Morgan fingerprint density at radius 2 is 1.58 bits per heavy atom. The molecule has 0 saturated carbocycles. The highest BCUT2D eigenvalue weighted by molar-refractivity contribution is 6.30. The Kier molecular flexibility index (Phi) is 4.60. The van der Waals surface area contributed by atoms with E-state index in [1.165, 1.54) is 0 Å². The number of hydrogen-bond acceptors (Lipinski definition) is 2. The molecule has 0 bridgehead atoms. The van der Waals surface area contributed by atoms with Gasteiger partial charge >= 0.3 is 5.97 Å². The lowest BCUT2D eigenvalue weighted by molar-refractivity contribution is 0.0696. The van der Waals surface area contributed by atoms with Crippen molar-refractivity contribution in [3.05, 3.63) is 69.8 Å². The zero-order valence-electron chi connectivity index (χ0n) is 12.8. The van der Waals surface area contributed by atoms with Crippen LogP contribution in [0.1, 0.15) is 23.0 Å². The van der Waals surface area contributed by atoms with E-state index in [-0.39, 0.29) is 5.56 Å². The fourth-order valence-electron chi connectivity index (χ4n) is 2.61. The molecule has 0 spiro atoms. The van der Waals surface area contributed by atoms with Crippen molar-refractivity contribution in [1.82, 2.24) is 9.78 Å². The maximum absolute atomic E-state index is 11.8. The second-order valence-electron chi connectivity index (χ2n) is 5.22. The molecule has 0 fully saturated rings. The van der Waals surface area contributed by atoms with Crippen LogP contribution in [0.5, 0.6) is 0 Å². The molecule has 24 heavy (non-hydrogen) atoms. The Hall–Kier alpha value is -2.30. The first-order valence-corrected chi connectivity index (χ1v) is 8.14. The summed E-state index contributed by atoms with van der Waals surface area (Å²) >= 11 is 11.9. The first-order valence-electron chi connectivity index (χ1n) is 7.38. The van der Waals surface area contributed by atoms with Gasteiger partial charge in [0.05, 0.1) is 11.4 Å². The van der Waals surface area contributed by atoms with Gasteiger partial charge in [0, 0.05) is 15.6 Å². The minimum atomic E-state index is -1.00. The Bertz CT molecular complexity index is 885. The molecule has 1 aromatic heterocycles. The largest absolute Gasteiger partial charge is 0.478 e. The Balaban J connectivity index is 2.24. The summed E-state index contributed by atoms with van der Waals surface area (Å²) in [4.78, 5) is 11.8. The fraction of sp³-hybridized carbons (Fsp3) is 0.111. The van der Waals surface area contributed by atoms with Crippen molar-refractivity contribution in [2.75, 3.05) is 0 Å². The first-order chi connectivity index (χ1) is 11.5. The van der Waals surface area contributed by atoms with Gasteiger partial charge in [-0.2, -0.15) is 5.10 Å². The molecule has 0 aliphatic heterocycles. The highest BCUT2D eigenvalue weighted by Crippen LogP contribution is 2.29. The van der Waals surface area contributed by atoms with Crippen molar-refractivity contribution in [1.29, 1.82) is 0 Å². The van der Waals surface area contributed by atoms with Crippen molar-refractivity contribution < 1.29 is 9.90 Å². The molecule has 3 rings (SSSR count). The molecule has 3 aromatic rings. The standard InChI is InChI=1S/C18H14Cl2N2O2/c1-2-15-16(18(23)24)17(11-3-5-12(19)6-4-11)21-22(15)14-9-7-13(20)8-10-14/h3-10H,2H2,1H3,(H,23,24). The maximum Gasteiger partial charge on any atom is 0.339 e. The molecule has 4 nitrogen and oxygen atoms in total. The van der Waals surface area contributed by atoms with Crippen LogP contribution in [0.4, 0.5) is 0 Å². The molecule has 0 radical (unpaired) electrons. The number of rotatable bonds is 4. The van der Waals surface area contributed by atoms with Crippen LogP contribution in [0.2, 0.25) is 10.0 Å². The smallest absolute Gasteiger partial charge is 0.339 e. The minimum Gasteiger partial charge on any atom is -0.478 e. The summed E-state index contributed by atoms with van der Waals surface area (Å²) in [7, 11) is 0. The number of carboxylic acid groups (broad SMARTS) is 1. The van der Waals surface area contributed by atoms with Crippen LogP contribution in [-0.4, -0.2) is 20.9 Å². The van der Waals surface area contributed by atoms with E-state index in [0.29, 0.717) is 33.4 Å². The predicted molar refractivity (Wildman–Crippen MR) is 95.4 cm³/mol. The van der Waals surface area contributed by atoms with E-state index in [1.54, 1.807) is 41.1 Å². The lowest BCUT2D eigenvalue weighted by Crippen LogP contribution is -2.05. The Labute approximate surface area is 149 Å². The van der Waals surface area contributed by atoms with Crippen LogP contribution in [-0.2, 0) is 6.42 Å². The Morgan fingerprint density at radius 1 is 1.04 bits per heavy atom. The van der Waals surface area contributed by atoms with Crippen LogP contribution < -0.4 is 0 Å². The van der Waals surface area contributed by atoms with Crippen molar-refractivity contribution in [2.45, 2.75) is 13.3 Å². The first kappa shape index (κ1) is 16.6. The minimum absolute atomic E-state index is 0.203. The van der Waals surface area contributed by atoms with E-state index in [9.17, 15) is 9.90 Å². The second-order valence-corrected chi connectivity index (χ2v) is 6.10. The van der Waals surface area contributed by atoms with Crippen molar-refractivity contribution >= 4 is 29.2 Å². The summed E-state index contributed by atoms with van der Waals surface area (Å²) in [6, 6.07) is 14.1. The van der Waals surface area contributed by atoms with E-state index in [0.717, 1.165) is 5.69 Å². The number of carbonyl (C=O) groups is 1. The molecule has 0 amide bonds. The predicted octanol–water partition coefficient (Wildman–Crippen LogP) is 5.11.